The number of anilines is 3. The Hall–Kier alpha value is -5.20. The molecular formula is C39H47ClN8O9. The monoisotopic (exact) mass is 806 g/mol. The number of methoxy groups -OCH3 is 1. The third-order valence-electron chi connectivity index (χ3n) is 9.92. The van der Waals surface area contributed by atoms with Crippen LogP contribution in [0.1, 0.15) is 55.9 Å². The summed E-state index contributed by atoms with van der Waals surface area (Å²) in [6, 6.07) is 9.37. The van der Waals surface area contributed by atoms with Gasteiger partial charge in [0.25, 0.3) is 17.7 Å². The Bertz CT molecular complexity index is 1960. The molecule has 0 bridgehead atoms. The van der Waals surface area contributed by atoms with Gasteiger partial charge in [-0.3, -0.25) is 39.1 Å². The van der Waals surface area contributed by atoms with E-state index in [1.165, 1.54) is 6.20 Å². The van der Waals surface area contributed by atoms with Gasteiger partial charge in [0.2, 0.25) is 17.8 Å². The zero-order valence-corrected chi connectivity index (χ0v) is 32.8. The molecule has 3 N–H and O–H groups in total. The van der Waals surface area contributed by atoms with Crippen LogP contribution in [-0.4, -0.2) is 147 Å². The molecule has 2 fully saturated rings. The number of nitrogens with zero attached hydrogens (tertiary/aromatic N) is 5. The van der Waals surface area contributed by atoms with Gasteiger partial charge in [0.05, 0.1) is 63.2 Å². The molecule has 0 aliphatic carbocycles. The molecule has 0 saturated carbocycles. The van der Waals surface area contributed by atoms with E-state index < -0.39 is 29.7 Å². The van der Waals surface area contributed by atoms with Gasteiger partial charge in [0, 0.05) is 58.4 Å². The Morgan fingerprint density at radius 1 is 0.947 bits per heavy atom. The van der Waals surface area contributed by atoms with E-state index in [9.17, 15) is 24.0 Å². The normalized spacial score (nSPS) is 17.1. The highest BCUT2D eigenvalue weighted by molar-refractivity contribution is 6.32. The predicted octanol–water partition coefficient (Wildman–Crippen LogP) is 2.77. The summed E-state index contributed by atoms with van der Waals surface area (Å²) in [6.07, 6.45) is 2.84. The molecule has 1 unspecified atom stereocenters. The van der Waals surface area contributed by atoms with E-state index in [1.54, 1.807) is 50.6 Å². The molecule has 2 saturated heterocycles. The van der Waals surface area contributed by atoms with E-state index in [0.29, 0.717) is 105 Å². The van der Waals surface area contributed by atoms with Gasteiger partial charge in [-0.05, 0) is 49.1 Å². The average Bonchev–Trinajstić information content (AvgIpc) is 3.47. The number of imide groups is 2. The van der Waals surface area contributed by atoms with Gasteiger partial charge in [-0.2, -0.15) is 4.98 Å². The van der Waals surface area contributed by atoms with E-state index in [2.05, 4.69) is 30.8 Å². The maximum absolute atomic E-state index is 13.3. The Kier molecular flexibility index (Phi) is 14.4. The first-order chi connectivity index (χ1) is 27.7. The molecule has 2 aromatic carbocycles. The van der Waals surface area contributed by atoms with E-state index in [-0.39, 0.29) is 24.3 Å². The summed E-state index contributed by atoms with van der Waals surface area (Å²) in [4.78, 5) is 77.1. The van der Waals surface area contributed by atoms with E-state index in [1.807, 2.05) is 4.90 Å². The number of benzene rings is 2. The minimum absolute atomic E-state index is 0.0642. The molecule has 3 aliphatic heterocycles. The predicted molar refractivity (Wildman–Crippen MR) is 209 cm³/mol. The minimum atomic E-state index is -0.991. The van der Waals surface area contributed by atoms with Crippen LogP contribution < -0.4 is 20.7 Å². The van der Waals surface area contributed by atoms with Crippen LogP contribution in [0.4, 0.5) is 17.5 Å². The molecule has 0 radical (unpaired) electrons. The number of hydrogen-bond acceptors (Lipinski definition) is 14. The summed E-state index contributed by atoms with van der Waals surface area (Å²) < 4.78 is 22.7. The second-order valence-electron chi connectivity index (χ2n) is 13.5. The van der Waals surface area contributed by atoms with Crippen molar-refractivity contribution in [1.29, 1.82) is 0 Å². The highest BCUT2D eigenvalue weighted by Gasteiger charge is 2.45. The first kappa shape index (κ1) is 41.4. The van der Waals surface area contributed by atoms with Gasteiger partial charge in [0.1, 0.15) is 22.6 Å². The molecule has 1 atom stereocenters. The molecule has 3 aromatic rings. The van der Waals surface area contributed by atoms with Crippen molar-refractivity contribution in [2.75, 3.05) is 97.2 Å². The third kappa shape index (κ3) is 10.2. The summed E-state index contributed by atoms with van der Waals surface area (Å²) in [7, 11) is 3.26. The average molecular weight is 807 g/mol. The van der Waals surface area contributed by atoms with Crippen molar-refractivity contribution in [2.45, 2.75) is 31.7 Å². The number of amides is 5. The number of nitrogens with one attached hydrogen (secondary N) is 3. The summed E-state index contributed by atoms with van der Waals surface area (Å²) in [6.45, 7) is 6.13. The fourth-order valence-electron chi connectivity index (χ4n) is 6.90. The van der Waals surface area contributed by atoms with E-state index >= 15 is 0 Å². The molecule has 1 aromatic heterocycles. The van der Waals surface area contributed by atoms with Crippen molar-refractivity contribution >= 4 is 58.6 Å². The lowest BCUT2D eigenvalue weighted by molar-refractivity contribution is -0.136. The number of aromatic nitrogens is 2. The summed E-state index contributed by atoms with van der Waals surface area (Å²) in [5, 5.41) is 8.65. The molecule has 5 amide bonds. The van der Waals surface area contributed by atoms with Crippen LogP contribution in [0, 0.1) is 0 Å². The number of rotatable bonds is 19. The van der Waals surface area contributed by atoms with Crippen LogP contribution in [0.15, 0.2) is 42.6 Å². The fourth-order valence-corrected chi connectivity index (χ4v) is 7.09. The number of hydrogen-bond donors (Lipinski definition) is 3. The largest absolute Gasteiger partial charge is 0.495 e. The van der Waals surface area contributed by atoms with E-state index in [0.717, 1.165) is 30.1 Å². The highest BCUT2D eigenvalue weighted by atomic mass is 35.5. The second kappa shape index (κ2) is 19.8. The van der Waals surface area contributed by atoms with Gasteiger partial charge in [0.15, 0.2) is 0 Å². The maximum Gasteiger partial charge on any atom is 0.262 e. The summed E-state index contributed by atoms with van der Waals surface area (Å²) in [5.74, 6) is -0.801. The van der Waals surface area contributed by atoms with Crippen molar-refractivity contribution in [1.82, 2.24) is 30.0 Å². The first-order valence-corrected chi connectivity index (χ1v) is 19.3. The molecule has 0 spiro atoms. The molecule has 17 nitrogen and oxygen atoms in total. The van der Waals surface area contributed by atoms with Crippen molar-refractivity contribution in [3.05, 3.63) is 69.9 Å². The molecular weight excluding hydrogens is 760 g/mol. The maximum atomic E-state index is 13.3. The summed E-state index contributed by atoms with van der Waals surface area (Å²) in [5.41, 5.74) is 2.46. The van der Waals surface area contributed by atoms with Crippen molar-refractivity contribution < 1.29 is 42.9 Å². The van der Waals surface area contributed by atoms with Crippen LogP contribution in [0.5, 0.6) is 5.75 Å². The molecule has 304 valence electrons. The van der Waals surface area contributed by atoms with Crippen LogP contribution in [-0.2, 0) is 30.2 Å². The number of piperidine rings is 1. The standard InChI is InChI=1S/C39H47ClN8O9/c1-41-34-28(40)24-42-39(45-34)43-29-9-8-26(23-31(29)54-2)36(51)47-14-12-46(13-15-47)16-18-56-20-22-57-21-19-55-17-4-6-25-5-3-7-27-33(25)38(53)48(37(27)52)30-10-11-32(49)44-35(30)50/h3,5,7-9,23-24,30H,4,6,10-22H2,1-2H3,(H,44,49,50)(H2,41,42,43,45). The van der Waals surface area contributed by atoms with Gasteiger partial charge >= 0.3 is 0 Å². The van der Waals surface area contributed by atoms with Gasteiger partial charge in [-0.1, -0.05) is 23.7 Å². The zero-order valence-electron chi connectivity index (χ0n) is 32.0. The van der Waals surface area contributed by atoms with Crippen LogP contribution in [0.2, 0.25) is 5.02 Å². The Morgan fingerprint density at radius 2 is 1.68 bits per heavy atom. The SMILES string of the molecule is CNc1nc(Nc2ccc(C(=O)N3CCN(CCOCCOCCOCCCc4cccc5c4C(=O)N(C4CCC(=O)NC4=O)C5=O)CC3)cc2OC)ncc1Cl. The number of halogens is 1. The third-order valence-corrected chi connectivity index (χ3v) is 10.2. The number of ether oxygens (including phenoxy) is 4. The smallest absolute Gasteiger partial charge is 0.262 e. The number of aryl methyl sites for hydroxylation is 1. The van der Waals surface area contributed by atoms with Gasteiger partial charge < -0.3 is 34.5 Å². The second-order valence-corrected chi connectivity index (χ2v) is 13.9. The quantitative estimate of drug-likeness (QED) is 0.118. The summed E-state index contributed by atoms with van der Waals surface area (Å²) >= 11 is 6.09. The highest BCUT2D eigenvalue weighted by Crippen LogP contribution is 2.31. The molecule has 4 heterocycles. The van der Waals surface area contributed by atoms with Crippen LogP contribution in [0.25, 0.3) is 0 Å². The van der Waals surface area contributed by atoms with Gasteiger partial charge in [-0.25, -0.2) is 4.98 Å². The number of fused-ring (bicyclic) bond motifs is 1. The van der Waals surface area contributed by atoms with Crippen molar-refractivity contribution in [3.63, 3.8) is 0 Å². The van der Waals surface area contributed by atoms with Crippen molar-refractivity contribution in [3.8, 4) is 5.75 Å². The molecule has 6 rings (SSSR count). The van der Waals surface area contributed by atoms with Crippen molar-refractivity contribution in [2.24, 2.45) is 0 Å². The van der Waals surface area contributed by atoms with Crippen LogP contribution in [0.3, 0.4) is 0 Å². The lowest BCUT2D eigenvalue weighted by Gasteiger charge is -2.34. The number of carbonyl (C=O) groups is 5. The number of piperazine rings is 1. The Balaban J connectivity index is 0.809. The Morgan fingerprint density at radius 3 is 2.40 bits per heavy atom. The fraction of sp³-hybridized carbons (Fsp3) is 0.462. The Labute approximate surface area is 335 Å². The lowest BCUT2D eigenvalue weighted by Crippen LogP contribution is -2.54. The zero-order chi connectivity index (χ0) is 40.3. The molecule has 3 aliphatic rings. The van der Waals surface area contributed by atoms with Gasteiger partial charge in [-0.15, -0.1) is 0 Å². The molecule has 57 heavy (non-hydrogen) atoms. The van der Waals surface area contributed by atoms with E-state index in [4.69, 9.17) is 30.5 Å². The minimum Gasteiger partial charge on any atom is -0.495 e. The topological polar surface area (TPSA) is 194 Å². The first-order valence-electron chi connectivity index (χ1n) is 18.9. The number of carbonyl (C=O) groups excluding carboxylic acids is 5. The lowest BCUT2D eigenvalue weighted by atomic mass is 9.99. The molecule has 18 heteroatoms. The van der Waals surface area contributed by atoms with Crippen LogP contribution >= 0.6 is 11.6 Å².